The Balaban J connectivity index is 1.48. The Bertz CT molecular complexity index is 942. The Hall–Kier alpha value is -3.54. The van der Waals surface area contributed by atoms with Crippen LogP contribution in [0.25, 0.3) is 0 Å². The fourth-order valence-corrected chi connectivity index (χ4v) is 2.68. The highest BCUT2D eigenvalue weighted by Crippen LogP contribution is 2.15. The molecule has 28 heavy (non-hydrogen) atoms. The van der Waals surface area contributed by atoms with E-state index in [0.717, 1.165) is 11.1 Å². The van der Waals surface area contributed by atoms with E-state index in [1.165, 1.54) is 6.07 Å². The Kier molecular flexibility index (Phi) is 6.11. The molecule has 1 amide bonds. The lowest BCUT2D eigenvalue weighted by Crippen LogP contribution is -2.20. The number of aryl methyl sites for hydroxylation is 2. The van der Waals surface area contributed by atoms with Gasteiger partial charge in [-0.15, -0.1) is 0 Å². The topological polar surface area (TPSA) is 77.8 Å². The zero-order valence-electron chi connectivity index (χ0n) is 15.7. The third-order valence-corrected chi connectivity index (χ3v) is 3.83. The van der Waals surface area contributed by atoms with Gasteiger partial charge in [-0.2, -0.15) is 0 Å². The number of esters is 1. The molecule has 6 heteroatoms. The SMILES string of the molecule is Cc1cc(C)cc(NC(=O)COC(=O)c2ccc(COc3ccccc3)o2)c1. The number of hydrogen-bond acceptors (Lipinski definition) is 5. The van der Waals surface area contributed by atoms with E-state index in [4.69, 9.17) is 13.9 Å². The van der Waals surface area contributed by atoms with Gasteiger partial charge in [0, 0.05) is 5.69 Å². The summed E-state index contributed by atoms with van der Waals surface area (Å²) in [6, 6.07) is 18.1. The second-order valence-electron chi connectivity index (χ2n) is 6.37. The second-order valence-corrected chi connectivity index (χ2v) is 6.37. The molecule has 2 aromatic carbocycles. The van der Waals surface area contributed by atoms with Crippen molar-refractivity contribution in [2.24, 2.45) is 0 Å². The normalized spacial score (nSPS) is 10.4. The molecule has 3 rings (SSSR count). The summed E-state index contributed by atoms with van der Waals surface area (Å²) >= 11 is 0. The highest BCUT2D eigenvalue weighted by Gasteiger charge is 2.15. The highest BCUT2D eigenvalue weighted by molar-refractivity contribution is 5.94. The minimum atomic E-state index is -0.707. The molecule has 0 aliphatic rings. The van der Waals surface area contributed by atoms with Gasteiger partial charge in [0.05, 0.1) is 0 Å². The molecular weight excluding hydrogens is 358 g/mol. The summed E-state index contributed by atoms with van der Waals surface area (Å²) in [5, 5.41) is 2.71. The molecule has 0 unspecified atom stereocenters. The van der Waals surface area contributed by atoms with Gasteiger partial charge in [-0.05, 0) is 61.4 Å². The summed E-state index contributed by atoms with van der Waals surface area (Å²) < 4.78 is 16.0. The Labute approximate surface area is 163 Å². The number of carbonyl (C=O) groups excluding carboxylic acids is 2. The number of hydrogen-bond donors (Lipinski definition) is 1. The van der Waals surface area contributed by atoms with Crippen molar-refractivity contribution in [1.29, 1.82) is 0 Å². The van der Waals surface area contributed by atoms with Crippen molar-refractivity contribution in [3.8, 4) is 5.75 Å². The zero-order chi connectivity index (χ0) is 19.9. The molecule has 1 aromatic heterocycles. The van der Waals surface area contributed by atoms with Gasteiger partial charge in [-0.3, -0.25) is 4.79 Å². The second kappa shape index (κ2) is 8.90. The number of amides is 1. The summed E-state index contributed by atoms with van der Waals surface area (Å²) in [4.78, 5) is 24.1. The molecule has 0 bridgehead atoms. The van der Waals surface area contributed by atoms with Crippen molar-refractivity contribution in [2.75, 3.05) is 11.9 Å². The minimum absolute atomic E-state index is 0.0193. The predicted octanol–water partition coefficient (Wildman–Crippen LogP) is 4.27. The minimum Gasteiger partial charge on any atom is -0.486 e. The number of ether oxygens (including phenoxy) is 2. The van der Waals surface area contributed by atoms with Crippen molar-refractivity contribution in [1.82, 2.24) is 0 Å². The van der Waals surface area contributed by atoms with Crippen LogP contribution in [0.3, 0.4) is 0 Å². The summed E-state index contributed by atoms with van der Waals surface area (Å²) in [7, 11) is 0. The lowest BCUT2D eigenvalue weighted by molar-refractivity contribution is -0.119. The highest BCUT2D eigenvalue weighted by atomic mass is 16.6. The average molecular weight is 379 g/mol. The lowest BCUT2D eigenvalue weighted by Gasteiger charge is -2.08. The molecule has 0 saturated heterocycles. The molecular formula is C22H21NO5. The molecule has 144 valence electrons. The summed E-state index contributed by atoms with van der Waals surface area (Å²) in [6.07, 6.45) is 0. The van der Waals surface area contributed by atoms with E-state index in [2.05, 4.69) is 5.32 Å². The van der Waals surface area contributed by atoms with Gasteiger partial charge in [0.1, 0.15) is 18.1 Å². The van der Waals surface area contributed by atoms with Crippen LogP contribution >= 0.6 is 0 Å². The van der Waals surface area contributed by atoms with Crippen molar-refractivity contribution in [3.63, 3.8) is 0 Å². The monoisotopic (exact) mass is 379 g/mol. The summed E-state index contributed by atoms with van der Waals surface area (Å²) in [5.41, 5.74) is 2.73. The molecule has 1 N–H and O–H groups in total. The number of para-hydroxylation sites is 1. The molecule has 3 aromatic rings. The van der Waals surface area contributed by atoms with Crippen molar-refractivity contribution < 1.29 is 23.5 Å². The Morgan fingerprint density at radius 2 is 1.68 bits per heavy atom. The van der Waals surface area contributed by atoms with Crippen LogP contribution in [0.2, 0.25) is 0 Å². The first kappa shape index (κ1) is 19.2. The van der Waals surface area contributed by atoms with E-state index in [1.54, 1.807) is 6.07 Å². The summed E-state index contributed by atoms with van der Waals surface area (Å²) in [5.74, 6) is 0.0755. The van der Waals surface area contributed by atoms with Gasteiger partial charge in [-0.1, -0.05) is 24.3 Å². The Morgan fingerprint density at radius 3 is 2.39 bits per heavy atom. The van der Waals surface area contributed by atoms with Gasteiger partial charge in [-0.25, -0.2) is 4.79 Å². The van der Waals surface area contributed by atoms with E-state index >= 15 is 0 Å². The molecule has 0 fully saturated rings. The van der Waals surface area contributed by atoms with Crippen LogP contribution in [0.15, 0.2) is 65.1 Å². The van der Waals surface area contributed by atoms with Gasteiger partial charge in [0.25, 0.3) is 5.91 Å². The van der Waals surface area contributed by atoms with Crippen molar-refractivity contribution in [2.45, 2.75) is 20.5 Å². The number of nitrogens with one attached hydrogen (secondary N) is 1. The number of furan rings is 1. The largest absolute Gasteiger partial charge is 0.486 e. The molecule has 6 nitrogen and oxygen atoms in total. The lowest BCUT2D eigenvalue weighted by atomic mass is 10.1. The van der Waals surface area contributed by atoms with Crippen LogP contribution < -0.4 is 10.1 Å². The molecule has 0 atom stereocenters. The average Bonchev–Trinajstić information content (AvgIpc) is 3.13. The van der Waals surface area contributed by atoms with Crippen LogP contribution in [0, 0.1) is 13.8 Å². The van der Waals surface area contributed by atoms with Crippen LogP contribution in [-0.2, 0) is 16.1 Å². The first-order valence-corrected chi connectivity index (χ1v) is 8.81. The predicted molar refractivity (Wildman–Crippen MR) is 104 cm³/mol. The third-order valence-electron chi connectivity index (χ3n) is 3.83. The molecule has 0 aliphatic heterocycles. The van der Waals surface area contributed by atoms with Crippen LogP contribution in [0.5, 0.6) is 5.75 Å². The smallest absolute Gasteiger partial charge is 0.374 e. The maximum absolute atomic E-state index is 12.1. The van der Waals surface area contributed by atoms with Crippen LogP contribution in [0.4, 0.5) is 5.69 Å². The van der Waals surface area contributed by atoms with Gasteiger partial charge in [0.15, 0.2) is 6.61 Å². The maximum atomic E-state index is 12.1. The third kappa shape index (κ3) is 5.48. The molecule has 1 heterocycles. The van der Waals surface area contributed by atoms with Gasteiger partial charge >= 0.3 is 5.97 Å². The van der Waals surface area contributed by atoms with E-state index in [-0.39, 0.29) is 12.4 Å². The number of carbonyl (C=O) groups is 2. The van der Waals surface area contributed by atoms with Crippen LogP contribution in [0.1, 0.15) is 27.4 Å². The van der Waals surface area contributed by atoms with E-state index < -0.39 is 18.5 Å². The standard InChI is InChI=1S/C22H21NO5/c1-15-10-16(2)12-17(11-15)23-21(24)14-27-22(25)20-9-8-19(28-20)13-26-18-6-4-3-5-7-18/h3-12H,13-14H2,1-2H3,(H,23,24). The van der Waals surface area contributed by atoms with E-state index in [9.17, 15) is 9.59 Å². The Morgan fingerprint density at radius 1 is 0.964 bits per heavy atom. The van der Waals surface area contributed by atoms with Crippen LogP contribution in [-0.4, -0.2) is 18.5 Å². The fraction of sp³-hybridized carbons (Fsp3) is 0.182. The van der Waals surface area contributed by atoms with E-state index in [1.807, 2.05) is 62.4 Å². The first-order valence-electron chi connectivity index (χ1n) is 8.81. The van der Waals surface area contributed by atoms with Crippen molar-refractivity contribution in [3.05, 3.63) is 83.3 Å². The number of benzene rings is 2. The number of rotatable bonds is 7. The molecule has 0 saturated carbocycles. The van der Waals surface area contributed by atoms with Crippen molar-refractivity contribution >= 4 is 17.6 Å². The molecule has 0 radical (unpaired) electrons. The van der Waals surface area contributed by atoms with E-state index in [0.29, 0.717) is 17.2 Å². The first-order chi connectivity index (χ1) is 13.5. The zero-order valence-corrected chi connectivity index (χ0v) is 15.7. The maximum Gasteiger partial charge on any atom is 0.374 e. The summed E-state index contributed by atoms with van der Waals surface area (Å²) in [6.45, 7) is 3.67. The quantitative estimate of drug-likeness (QED) is 0.620. The molecule has 0 aliphatic carbocycles. The van der Waals surface area contributed by atoms with Gasteiger partial charge in [0.2, 0.25) is 5.76 Å². The fourth-order valence-electron chi connectivity index (χ4n) is 2.68. The molecule has 0 spiro atoms. The number of anilines is 1. The van der Waals surface area contributed by atoms with Gasteiger partial charge < -0.3 is 19.2 Å².